The Balaban J connectivity index is 2.73. The van der Waals surface area contributed by atoms with Crippen molar-refractivity contribution in [2.45, 2.75) is 19.5 Å². The van der Waals surface area contributed by atoms with Gasteiger partial charge in [-0.15, -0.1) is 0 Å². The number of aliphatic hydroxyl groups excluding tert-OH is 1. The first-order chi connectivity index (χ1) is 8.56. The minimum atomic E-state index is -0.257. The zero-order valence-electron chi connectivity index (χ0n) is 11.2. The largest absolute Gasteiger partial charge is 0.395 e. The van der Waals surface area contributed by atoms with E-state index >= 15 is 0 Å². The van der Waals surface area contributed by atoms with Gasteiger partial charge in [0.15, 0.2) is 0 Å². The molecule has 1 unspecified atom stereocenters. The number of carbonyl (C=O) groups is 1. The fraction of sp³-hybridized carbons (Fsp3) is 0.538. The third kappa shape index (κ3) is 4.09. The molecule has 0 saturated carbocycles. The summed E-state index contributed by atoms with van der Waals surface area (Å²) in [6.45, 7) is 2.96. The summed E-state index contributed by atoms with van der Waals surface area (Å²) >= 11 is 0. The van der Waals surface area contributed by atoms with E-state index in [0.29, 0.717) is 13.1 Å². The quantitative estimate of drug-likeness (QED) is 0.793. The lowest BCUT2D eigenvalue weighted by Gasteiger charge is -2.29. The molecule has 1 heterocycles. The minimum Gasteiger partial charge on any atom is -0.395 e. The van der Waals surface area contributed by atoms with Gasteiger partial charge in [-0.25, -0.2) is 0 Å². The van der Waals surface area contributed by atoms with Gasteiger partial charge in [0, 0.05) is 39.6 Å². The van der Waals surface area contributed by atoms with Crippen LogP contribution in [0, 0.1) is 0 Å². The molecule has 5 heteroatoms. The molecule has 1 N–H and O–H groups in total. The van der Waals surface area contributed by atoms with Gasteiger partial charge in [0.05, 0.1) is 12.6 Å². The molecule has 0 saturated heterocycles. The van der Waals surface area contributed by atoms with Crippen LogP contribution in [0.4, 0.5) is 0 Å². The average molecular weight is 251 g/mol. The second kappa shape index (κ2) is 7.08. The highest BCUT2D eigenvalue weighted by molar-refractivity contribution is 5.80. The summed E-state index contributed by atoms with van der Waals surface area (Å²) < 4.78 is 0. The topological polar surface area (TPSA) is 56.7 Å². The number of rotatable bonds is 6. The number of amides is 1. The first-order valence-corrected chi connectivity index (χ1v) is 6.01. The maximum absolute atomic E-state index is 11.9. The van der Waals surface area contributed by atoms with Gasteiger partial charge in [0.25, 0.3) is 0 Å². The van der Waals surface area contributed by atoms with E-state index in [-0.39, 0.29) is 18.6 Å². The number of aliphatic hydroxyl groups is 1. The maximum atomic E-state index is 11.9. The van der Waals surface area contributed by atoms with Crippen LogP contribution in [0.3, 0.4) is 0 Å². The van der Waals surface area contributed by atoms with Gasteiger partial charge in [-0.05, 0) is 18.6 Å². The Labute approximate surface area is 108 Å². The van der Waals surface area contributed by atoms with E-state index < -0.39 is 0 Å². The molecule has 0 fully saturated rings. The lowest BCUT2D eigenvalue weighted by molar-refractivity contribution is -0.134. The van der Waals surface area contributed by atoms with E-state index in [1.54, 1.807) is 31.4 Å². The van der Waals surface area contributed by atoms with Gasteiger partial charge in [-0.1, -0.05) is 6.07 Å². The Kier molecular flexibility index (Phi) is 5.74. The Morgan fingerprint density at radius 1 is 1.50 bits per heavy atom. The highest BCUT2D eigenvalue weighted by Gasteiger charge is 2.22. The first kappa shape index (κ1) is 14.6. The molecule has 100 valence electrons. The highest BCUT2D eigenvalue weighted by Crippen LogP contribution is 2.08. The van der Waals surface area contributed by atoms with Crippen molar-refractivity contribution in [1.82, 2.24) is 14.8 Å². The lowest BCUT2D eigenvalue weighted by Crippen LogP contribution is -2.45. The fourth-order valence-electron chi connectivity index (χ4n) is 1.79. The zero-order chi connectivity index (χ0) is 13.5. The smallest absolute Gasteiger partial charge is 0.239 e. The third-order valence-corrected chi connectivity index (χ3v) is 2.84. The van der Waals surface area contributed by atoms with Crippen molar-refractivity contribution < 1.29 is 9.90 Å². The van der Waals surface area contributed by atoms with E-state index in [4.69, 9.17) is 5.11 Å². The molecule has 0 aromatic carbocycles. The number of aromatic nitrogens is 1. The number of likely N-dealkylation sites (N-methyl/N-ethyl adjacent to an activating group) is 1. The van der Waals surface area contributed by atoms with Crippen molar-refractivity contribution >= 4 is 5.91 Å². The second-order valence-electron chi connectivity index (χ2n) is 4.46. The van der Waals surface area contributed by atoms with Gasteiger partial charge < -0.3 is 10.0 Å². The fourth-order valence-corrected chi connectivity index (χ4v) is 1.79. The molecular weight excluding hydrogens is 230 g/mol. The van der Waals surface area contributed by atoms with E-state index in [9.17, 15) is 4.79 Å². The molecule has 0 aliphatic rings. The van der Waals surface area contributed by atoms with Gasteiger partial charge in [0.2, 0.25) is 5.91 Å². The summed E-state index contributed by atoms with van der Waals surface area (Å²) in [5, 5.41) is 9.10. The third-order valence-electron chi connectivity index (χ3n) is 2.84. The van der Waals surface area contributed by atoms with Crippen LogP contribution in [0.25, 0.3) is 0 Å². The molecular formula is C13H21N3O2. The summed E-state index contributed by atoms with van der Waals surface area (Å²) in [6.07, 6.45) is 3.49. The maximum Gasteiger partial charge on any atom is 0.239 e. The van der Waals surface area contributed by atoms with Crippen molar-refractivity contribution in [3.63, 3.8) is 0 Å². The highest BCUT2D eigenvalue weighted by atomic mass is 16.3. The summed E-state index contributed by atoms with van der Waals surface area (Å²) in [5.74, 6) is 0.0346. The molecule has 0 aliphatic carbocycles. The number of hydrogen-bond donors (Lipinski definition) is 1. The van der Waals surface area contributed by atoms with Crippen molar-refractivity contribution in [2.75, 3.05) is 27.2 Å². The Bertz CT molecular complexity index is 368. The number of carbonyl (C=O) groups excluding carboxylic acids is 1. The van der Waals surface area contributed by atoms with Gasteiger partial charge >= 0.3 is 0 Å². The van der Waals surface area contributed by atoms with Gasteiger partial charge in [-0.2, -0.15) is 0 Å². The molecule has 1 amide bonds. The van der Waals surface area contributed by atoms with Crippen molar-refractivity contribution in [3.05, 3.63) is 30.1 Å². The lowest BCUT2D eigenvalue weighted by atomic mass is 10.2. The van der Waals surface area contributed by atoms with Crippen LogP contribution in [0.15, 0.2) is 24.5 Å². The van der Waals surface area contributed by atoms with Crippen molar-refractivity contribution in [1.29, 1.82) is 0 Å². The Morgan fingerprint density at radius 3 is 2.72 bits per heavy atom. The normalized spacial score (nSPS) is 12.5. The molecule has 0 bridgehead atoms. The minimum absolute atomic E-state index is 0.0330. The van der Waals surface area contributed by atoms with E-state index in [2.05, 4.69) is 4.98 Å². The summed E-state index contributed by atoms with van der Waals surface area (Å²) in [6, 6.07) is 3.57. The molecule has 1 aromatic heterocycles. The predicted molar refractivity (Wildman–Crippen MR) is 69.9 cm³/mol. The van der Waals surface area contributed by atoms with Crippen LogP contribution in [0.2, 0.25) is 0 Å². The molecule has 1 rings (SSSR count). The SMILES string of the molecule is CC(C(=O)N(C)C)N(CCO)Cc1cccnc1. The summed E-state index contributed by atoms with van der Waals surface area (Å²) in [7, 11) is 3.47. The van der Waals surface area contributed by atoms with E-state index in [0.717, 1.165) is 5.56 Å². The molecule has 5 nitrogen and oxygen atoms in total. The monoisotopic (exact) mass is 251 g/mol. The molecule has 18 heavy (non-hydrogen) atoms. The molecule has 1 atom stereocenters. The van der Waals surface area contributed by atoms with Crippen LogP contribution >= 0.6 is 0 Å². The van der Waals surface area contributed by atoms with Crippen LogP contribution < -0.4 is 0 Å². The number of hydrogen-bond acceptors (Lipinski definition) is 4. The van der Waals surface area contributed by atoms with E-state index in [1.165, 1.54) is 0 Å². The van der Waals surface area contributed by atoms with Gasteiger partial charge in [0.1, 0.15) is 0 Å². The Hall–Kier alpha value is -1.46. The van der Waals surface area contributed by atoms with Crippen LogP contribution in [0.1, 0.15) is 12.5 Å². The van der Waals surface area contributed by atoms with Crippen LogP contribution in [-0.2, 0) is 11.3 Å². The van der Waals surface area contributed by atoms with Crippen molar-refractivity contribution in [2.24, 2.45) is 0 Å². The summed E-state index contributed by atoms with van der Waals surface area (Å²) in [4.78, 5) is 19.5. The second-order valence-corrected chi connectivity index (χ2v) is 4.46. The first-order valence-electron chi connectivity index (χ1n) is 6.01. The van der Waals surface area contributed by atoms with Gasteiger partial charge in [-0.3, -0.25) is 14.7 Å². The molecule has 0 spiro atoms. The number of pyridine rings is 1. The van der Waals surface area contributed by atoms with E-state index in [1.807, 2.05) is 24.0 Å². The molecule has 1 aromatic rings. The Morgan fingerprint density at radius 2 is 2.22 bits per heavy atom. The summed E-state index contributed by atoms with van der Waals surface area (Å²) in [5.41, 5.74) is 1.03. The number of nitrogens with zero attached hydrogens (tertiary/aromatic N) is 3. The molecule has 0 radical (unpaired) electrons. The predicted octanol–water partition coefficient (Wildman–Crippen LogP) is 0.353. The molecule has 0 aliphatic heterocycles. The standard InChI is InChI=1S/C13H21N3O2/c1-11(13(18)15(2)3)16(7-8-17)10-12-5-4-6-14-9-12/h4-6,9,11,17H,7-8,10H2,1-3H3. The average Bonchev–Trinajstić information content (AvgIpc) is 2.37. The van der Waals surface area contributed by atoms with Crippen LogP contribution in [0.5, 0.6) is 0 Å². The van der Waals surface area contributed by atoms with Crippen LogP contribution in [-0.4, -0.2) is 59.1 Å². The zero-order valence-corrected chi connectivity index (χ0v) is 11.2. The van der Waals surface area contributed by atoms with Crippen molar-refractivity contribution in [3.8, 4) is 0 Å².